The van der Waals surface area contributed by atoms with Crippen molar-refractivity contribution >= 4 is 35.2 Å². The molecule has 0 radical (unpaired) electrons. The fourth-order valence-electron chi connectivity index (χ4n) is 1.91. The molecule has 0 spiro atoms. The van der Waals surface area contributed by atoms with Gasteiger partial charge in [-0.3, -0.25) is 9.69 Å². The number of amides is 1. The lowest BCUT2D eigenvalue weighted by atomic mass is 10.3. The molecule has 4 N–H and O–H groups in total. The van der Waals surface area contributed by atoms with Gasteiger partial charge in [0.05, 0.1) is 6.33 Å². The number of nitrogens with two attached hydrogens (primary N) is 1. The van der Waals surface area contributed by atoms with Crippen LogP contribution in [0.25, 0.3) is 11.2 Å². The Morgan fingerprint density at radius 1 is 1.59 bits per heavy atom. The lowest BCUT2D eigenvalue weighted by molar-refractivity contribution is -0.117. The summed E-state index contributed by atoms with van der Waals surface area (Å²) >= 11 is 5.13. The van der Waals surface area contributed by atoms with Gasteiger partial charge in [0, 0.05) is 19.0 Å². The molecule has 1 unspecified atom stereocenters. The summed E-state index contributed by atoms with van der Waals surface area (Å²) in [6.07, 6.45) is 1.86. The number of aromatic amines is 2. The summed E-state index contributed by atoms with van der Waals surface area (Å²) in [7, 11) is 0. The van der Waals surface area contributed by atoms with Gasteiger partial charge in [-0.2, -0.15) is 0 Å². The monoisotopic (exact) mass is 250 g/mol. The van der Waals surface area contributed by atoms with Crippen LogP contribution in [-0.4, -0.2) is 38.4 Å². The van der Waals surface area contributed by atoms with E-state index in [1.165, 1.54) is 11.2 Å². The number of aromatic nitrogens is 4. The van der Waals surface area contributed by atoms with Crippen molar-refractivity contribution in [1.29, 1.82) is 0 Å². The van der Waals surface area contributed by atoms with Crippen LogP contribution in [-0.2, 0) is 4.79 Å². The van der Waals surface area contributed by atoms with E-state index in [0.29, 0.717) is 34.7 Å². The molecule has 17 heavy (non-hydrogen) atoms. The Hall–Kier alpha value is -1.80. The van der Waals surface area contributed by atoms with Crippen molar-refractivity contribution in [2.45, 2.75) is 12.5 Å². The normalized spacial score (nSPS) is 20.4. The molecule has 8 heteroatoms. The van der Waals surface area contributed by atoms with E-state index in [4.69, 9.17) is 18.0 Å². The maximum atomic E-state index is 11.7. The molecule has 88 valence electrons. The molecular weight excluding hydrogens is 240 g/mol. The van der Waals surface area contributed by atoms with Crippen molar-refractivity contribution in [3.05, 3.63) is 11.0 Å². The van der Waals surface area contributed by atoms with Crippen LogP contribution in [0.15, 0.2) is 6.33 Å². The van der Waals surface area contributed by atoms with Gasteiger partial charge in [-0.25, -0.2) is 9.97 Å². The lowest BCUT2D eigenvalue weighted by Gasteiger charge is -2.13. The van der Waals surface area contributed by atoms with Crippen molar-refractivity contribution in [2.75, 3.05) is 11.4 Å². The highest BCUT2D eigenvalue weighted by Crippen LogP contribution is 2.18. The summed E-state index contributed by atoms with van der Waals surface area (Å²) in [6, 6.07) is -0.152. The number of fused-ring (bicyclic) bond motifs is 1. The number of anilines is 1. The second kappa shape index (κ2) is 3.60. The van der Waals surface area contributed by atoms with E-state index in [2.05, 4.69) is 19.9 Å². The van der Waals surface area contributed by atoms with Crippen LogP contribution in [0.2, 0.25) is 0 Å². The highest BCUT2D eigenvalue weighted by Gasteiger charge is 2.29. The predicted octanol–water partition coefficient (Wildman–Crippen LogP) is 0.0795. The van der Waals surface area contributed by atoms with Crippen LogP contribution in [0.1, 0.15) is 6.42 Å². The van der Waals surface area contributed by atoms with E-state index in [9.17, 15) is 4.79 Å². The molecule has 2 aromatic rings. The topological polar surface area (TPSA) is 104 Å². The first kappa shape index (κ1) is 10.4. The molecule has 1 saturated heterocycles. The summed E-state index contributed by atoms with van der Waals surface area (Å²) in [5.74, 6) is 0.359. The number of nitrogens with one attached hydrogen (secondary N) is 2. The third kappa shape index (κ3) is 1.61. The average Bonchev–Trinajstić information content (AvgIpc) is 2.84. The number of carbonyl (C=O) groups excluding carboxylic acids is 1. The van der Waals surface area contributed by atoms with Crippen LogP contribution in [0.5, 0.6) is 0 Å². The molecule has 0 saturated carbocycles. The van der Waals surface area contributed by atoms with Crippen molar-refractivity contribution in [2.24, 2.45) is 5.73 Å². The first-order chi connectivity index (χ1) is 8.15. The van der Waals surface area contributed by atoms with Gasteiger partial charge in [0.2, 0.25) is 11.9 Å². The lowest BCUT2D eigenvalue weighted by Crippen LogP contribution is -2.29. The first-order valence-electron chi connectivity index (χ1n) is 5.14. The van der Waals surface area contributed by atoms with Gasteiger partial charge in [-0.15, -0.1) is 0 Å². The zero-order valence-corrected chi connectivity index (χ0v) is 9.62. The third-order valence-electron chi connectivity index (χ3n) is 2.70. The van der Waals surface area contributed by atoms with Crippen LogP contribution < -0.4 is 10.6 Å². The quantitative estimate of drug-likeness (QED) is 0.622. The number of nitrogens with zero attached hydrogens (tertiary/aromatic N) is 3. The Labute approximate surface area is 101 Å². The Balaban J connectivity index is 2.12. The molecule has 1 aliphatic rings. The number of hydrogen-bond acceptors (Lipinski definition) is 5. The van der Waals surface area contributed by atoms with Gasteiger partial charge in [0.1, 0.15) is 5.52 Å². The molecule has 1 atom stereocenters. The maximum absolute atomic E-state index is 11.7. The molecule has 3 heterocycles. The number of H-pyrrole nitrogens is 2. The number of hydrogen-bond donors (Lipinski definition) is 3. The van der Waals surface area contributed by atoms with Crippen LogP contribution in [0.4, 0.5) is 5.95 Å². The van der Waals surface area contributed by atoms with E-state index in [-0.39, 0.29) is 11.9 Å². The summed E-state index contributed by atoms with van der Waals surface area (Å²) < 4.78 is 0.388. The van der Waals surface area contributed by atoms with Crippen molar-refractivity contribution in [3.8, 4) is 0 Å². The Bertz CT molecular complexity index is 646. The second-order valence-corrected chi connectivity index (χ2v) is 4.35. The molecule has 7 nitrogen and oxygen atoms in total. The zero-order valence-electron chi connectivity index (χ0n) is 8.80. The Kier molecular flexibility index (Phi) is 2.20. The SMILES string of the molecule is NC1CC(=O)N(c2nc(=S)c3[nH]cnc3[nH]2)C1. The molecule has 0 aromatic carbocycles. The summed E-state index contributed by atoms with van der Waals surface area (Å²) in [5.41, 5.74) is 6.99. The van der Waals surface area contributed by atoms with Gasteiger partial charge in [-0.1, -0.05) is 12.2 Å². The third-order valence-corrected chi connectivity index (χ3v) is 3.00. The molecule has 3 rings (SSSR count). The first-order valence-corrected chi connectivity index (χ1v) is 5.55. The standard InChI is InChI=1S/C9H10N6OS/c10-4-1-5(16)15(2-4)9-13-7-6(8(17)14-9)11-3-12-7/h3-4H,1-2,10H2,(H2,11,12,13,14,17). The van der Waals surface area contributed by atoms with Crippen LogP contribution >= 0.6 is 12.2 Å². The number of imidazole rings is 1. The van der Waals surface area contributed by atoms with E-state index in [0.717, 1.165) is 0 Å². The Morgan fingerprint density at radius 3 is 3.12 bits per heavy atom. The van der Waals surface area contributed by atoms with Gasteiger partial charge in [0.25, 0.3) is 0 Å². The average molecular weight is 250 g/mol. The zero-order chi connectivity index (χ0) is 12.0. The van der Waals surface area contributed by atoms with E-state index < -0.39 is 0 Å². The smallest absolute Gasteiger partial charge is 0.230 e. The number of rotatable bonds is 1. The highest BCUT2D eigenvalue weighted by atomic mass is 32.1. The van der Waals surface area contributed by atoms with E-state index >= 15 is 0 Å². The van der Waals surface area contributed by atoms with Crippen molar-refractivity contribution in [3.63, 3.8) is 0 Å². The van der Waals surface area contributed by atoms with Crippen molar-refractivity contribution < 1.29 is 4.79 Å². The number of carbonyl (C=O) groups is 1. The minimum Gasteiger partial charge on any atom is -0.341 e. The molecular formula is C9H10N6OS. The van der Waals surface area contributed by atoms with Gasteiger partial charge < -0.3 is 15.7 Å². The van der Waals surface area contributed by atoms with Gasteiger partial charge in [0.15, 0.2) is 10.3 Å². The van der Waals surface area contributed by atoms with Crippen molar-refractivity contribution in [1.82, 2.24) is 19.9 Å². The largest absolute Gasteiger partial charge is 0.341 e. The Morgan fingerprint density at radius 2 is 2.41 bits per heavy atom. The summed E-state index contributed by atoms with van der Waals surface area (Å²) in [4.78, 5) is 27.3. The van der Waals surface area contributed by atoms with Crippen LogP contribution in [0, 0.1) is 4.64 Å². The summed E-state index contributed by atoms with van der Waals surface area (Å²) in [6.45, 7) is 0.451. The van der Waals surface area contributed by atoms with Crippen LogP contribution in [0.3, 0.4) is 0 Å². The fraction of sp³-hybridized carbons (Fsp3) is 0.333. The molecule has 1 aliphatic heterocycles. The van der Waals surface area contributed by atoms with Gasteiger partial charge in [-0.05, 0) is 0 Å². The van der Waals surface area contributed by atoms with Gasteiger partial charge >= 0.3 is 0 Å². The molecule has 1 amide bonds. The minimum absolute atomic E-state index is 0.0504. The molecule has 0 aliphatic carbocycles. The summed E-state index contributed by atoms with van der Waals surface area (Å²) in [5, 5.41) is 0. The second-order valence-electron chi connectivity index (χ2n) is 3.96. The maximum Gasteiger partial charge on any atom is 0.230 e. The molecule has 2 aromatic heterocycles. The molecule has 0 bridgehead atoms. The highest BCUT2D eigenvalue weighted by molar-refractivity contribution is 7.71. The van der Waals surface area contributed by atoms with E-state index in [1.54, 1.807) is 0 Å². The fourth-order valence-corrected chi connectivity index (χ4v) is 2.15. The van der Waals surface area contributed by atoms with E-state index in [1.807, 2.05) is 0 Å². The predicted molar refractivity (Wildman–Crippen MR) is 64.0 cm³/mol. The molecule has 1 fully saturated rings. The minimum atomic E-state index is -0.152.